The number of aliphatic hydroxyl groups is 2. The number of halogens is 3. The fraction of sp³-hybridized carbons (Fsp3) is 0.350. The number of aliphatic hydroxyl groups excluding tert-OH is 2. The highest BCUT2D eigenvalue weighted by atomic mass is 19.4. The quantitative estimate of drug-likeness (QED) is 0.813. The molecule has 2 aromatic rings. The van der Waals surface area contributed by atoms with E-state index < -0.39 is 11.7 Å². The SMILES string of the molecule is CC.COc1cc(C(F)(F)F)ccc1CO.Cc1ccc(CO)cc1C#N. The zero-order valence-corrected chi connectivity index (χ0v) is 15.8. The Morgan fingerprint density at radius 3 is 2.11 bits per heavy atom. The summed E-state index contributed by atoms with van der Waals surface area (Å²) in [6.45, 7) is 5.52. The summed E-state index contributed by atoms with van der Waals surface area (Å²) in [5, 5.41) is 26.1. The molecule has 0 heterocycles. The van der Waals surface area contributed by atoms with Gasteiger partial charge < -0.3 is 14.9 Å². The summed E-state index contributed by atoms with van der Waals surface area (Å²) in [4.78, 5) is 0. The standard InChI is InChI=1S/C9H9F3O2.C9H9NO.C2H6/c1-14-8-4-7(9(10,11)12)3-2-6(8)5-13;1-7-2-3-8(6-11)4-9(7)5-10;1-2/h2-4,13H,5H2,1H3;2-4,11H,6H2,1H3;1-2H3. The second-order valence-electron chi connectivity index (χ2n) is 5.10. The van der Waals surface area contributed by atoms with E-state index in [-0.39, 0.29) is 19.0 Å². The zero-order valence-electron chi connectivity index (χ0n) is 15.8. The van der Waals surface area contributed by atoms with E-state index in [1.807, 2.05) is 32.9 Å². The first kappa shape index (κ1) is 24.4. The summed E-state index contributed by atoms with van der Waals surface area (Å²) in [6, 6.07) is 10.4. The molecular weight excluding hydrogens is 359 g/mol. The molecule has 0 bridgehead atoms. The lowest BCUT2D eigenvalue weighted by molar-refractivity contribution is -0.137. The molecule has 0 amide bonds. The van der Waals surface area contributed by atoms with Gasteiger partial charge in [-0.3, -0.25) is 0 Å². The van der Waals surface area contributed by atoms with Gasteiger partial charge in [0.2, 0.25) is 0 Å². The molecule has 0 spiro atoms. The van der Waals surface area contributed by atoms with Crippen LogP contribution in [0.15, 0.2) is 36.4 Å². The van der Waals surface area contributed by atoms with Crippen LogP contribution in [-0.2, 0) is 19.4 Å². The van der Waals surface area contributed by atoms with Crippen LogP contribution in [0.4, 0.5) is 13.2 Å². The Morgan fingerprint density at radius 2 is 1.67 bits per heavy atom. The molecule has 0 atom stereocenters. The molecule has 0 aliphatic carbocycles. The summed E-state index contributed by atoms with van der Waals surface area (Å²) in [5.74, 6) is 0.0438. The van der Waals surface area contributed by atoms with Crippen molar-refractivity contribution in [3.63, 3.8) is 0 Å². The number of hydrogen-bond acceptors (Lipinski definition) is 4. The van der Waals surface area contributed by atoms with Crippen LogP contribution < -0.4 is 4.74 Å². The number of benzene rings is 2. The lowest BCUT2D eigenvalue weighted by atomic mass is 10.1. The summed E-state index contributed by atoms with van der Waals surface area (Å²) in [6.07, 6.45) is -4.39. The van der Waals surface area contributed by atoms with E-state index in [4.69, 9.17) is 20.2 Å². The van der Waals surface area contributed by atoms with Gasteiger partial charge in [0.05, 0.1) is 37.5 Å². The minimum atomic E-state index is -4.39. The van der Waals surface area contributed by atoms with Gasteiger partial charge in [0.25, 0.3) is 0 Å². The van der Waals surface area contributed by atoms with E-state index in [1.54, 1.807) is 6.07 Å². The van der Waals surface area contributed by atoms with Crippen molar-refractivity contribution < 1.29 is 28.1 Å². The Morgan fingerprint density at radius 1 is 1.04 bits per heavy atom. The number of alkyl halides is 3. The number of hydrogen-bond donors (Lipinski definition) is 2. The minimum Gasteiger partial charge on any atom is -0.496 e. The summed E-state index contributed by atoms with van der Waals surface area (Å²) in [7, 11) is 1.26. The summed E-state index contributed by atoms with van der Waals surface area (Å²) < 4.78 is 41.4. The molecule has 4 nitrogen and oxygen atoms in total. The number of methoxy groups -OCH3 is 1. The average molecular weight is 383 g/mol. The van der Waals surface area contributed by atoms with Gasteiger partial charge in [-0.15, -0.1) is 0 Å². The van der Waals surface area contributed by atoms with Crippen molar-refractivity contribution in [2.75, 3.05) is 7.11 Å². The zero-order chi connectivity index (χ0) is 21.0. The normalized spacial score (nSPS) is 9.93. The van der Waals surface area contributed by atoms with Crippen LogP contribution in [-0.4, -0.2) is 17.3 Å². The van der Waals surface area contributed by atoms with E-state index >= 15 is 0 Å². The van der Waals surface area contributed by atoms with Crippen LogP contribution in [0.5, 0.6) is 5.75 Å². The first-order valence-corrected chi connectivity index (χ1v) is 8.22. The van der Waals surface area contributed by atoms with Crippen molar-refractivity contribution in [2.24, 2.45) is 0 Å². The van der Waals surface area contributed by atoms with Crippen molar-refractivity contribution in [3.05, 3.63) is 64.2 Å². The van der Waals surface area contributed by atoms with E-state index in [9.17, 15) is 13.2 Å². The Bertz CT molecular complexity index is 753. The maximum absolute atomic E-state index is 12.2. The van der Waals surface area contributed by atoms with Gasteiger partial charge in [0.15, 0.2) is 0 Å². The van der Waals surface area contributed by atoms with Gasteiger partial charge in [0, 0.05) is 5.56 Å². The molecule has 0 aromatic heterocycles. The lowest BCUT2D eigenvalue weighted by Gasteiger charge is -2.10. The average Bonchev–Trinajstić information content (AvgIpc) is 2.69. The first-order chi connectivity index (χ1) is 12.8. The molecule has 0 aliphatic rings. The molecular formula is C20H24F3NO3. The molecule has 0 saturated carbocycles. The van der Waals surface area contributed by atoms with Gasteiger partial charge in [0.1, 0.15) is 5.75 Å². The Kier molecular flexibility index (Phi) is 10.8. The van der Waals surface area contributed by atoms with E-state index in [1.165, 1.54) is 13.2 Å². The smallest absolute Gasteiger partial charge is 0.416 e. The summed E-state index contributed by atoms with van der Waals surface area (Å²) in [5.41, 5.74) is 1.92. The van der Waals surface area contributed by atoms with Crippen LogP contribution >= 0.6 is 0 Å². The highest BCUT2D eigenvalue weighted by molar-refractivity contribution is 5.39. The third-order valence-electron chi connectivity index (χ3n) is 3.39. The topological polar surface area (TPSA) is 73.5 Å². The molecule has 0 radical (unpaired) electrons. The van der Waals surface area contributed by atoms with Crippen molar-refractivity contribution in [1.82, 2.24) is 0 Å². The number of aryl methyl sites for hydroxylation is 1. The number of nitriles is 1. The third-order valence-corrected chi connectivity index (χ3v) is 3.39. The Labute approximate surface area is 157 Å². The third kappa shape index (κ3) is 7.69. The van der Waals surface area contributed by atoms with Crippen molar-refractivity contribution in [1.29, 1.82) is 5.26 Å². The Hall–Kier alpha value is -2.56. The monoisotopic (exact) mass is 383 g/mol. The Balaban J connectivity index is 0.000000469. The molecule has 2 rings (SSSR count). The molecule has 0 saturated heterocycles. The maximum atomic E-state index is 12.2. The second-order valence-corrected chi connectivity index (χ2v) is 5.10. The molecule has 7 heteroatoms. The number of rotatable bonds is 3. The van der Waals surface area contributed by atoms with Crippen LogP contribution in [0.25, 0.3) is 0 Å². The van der Waals surface area contributed by atoms with Crippen molar-refractivity contribution in [2.45, 2.75) is 40.2 Å². The number of nitrogens with zero attached hydrogens (tertiary/aromatic N) is 1. The lowest BCUT2D eigenvalue weighted by Crippen LogP contribution is -2.05. The van der Waals surface area contributed by atoms with Crippen molar-refractivity contribution >= 4 is 0 Å². The predicted octanol–water partition coefficient (Wildman–Crippen LogP) is 4.59. The molecule has 27 heavy (non-hydrogen) atoms. The summed E-state index contributed by atoms with van der Waals surface area (Å²) >= 11 is 0. The molecule has 2 N–H and O–H groups in total. The van der Waals surface area contributed by atoms with Crippen molar-refractivity contribution in [3.8, 4) is 11.8 Å². The molecule has 0 fully saturated rings. The van der Waals surface area contributed by atoms with E-state index in [0.29, 0.717) is 11.1 Å². The minimum absolute atomic E-state index is 0.00500. The fourth-order valence-electron chi connectivity index (χ4n) is 1.94. The van der Waals surface area contributed by atoms with Crippen LogP contribution in [0, 0.1) is 18.3 Å². The highest BCUT2D eigenvalue weighted by Crippen LogP contribution is 2.32. The second kappa shape index (κ2) is 11.9. The van der Waals surface area contributed by atoms with E-state index in [2.05, 4.69) is 6.07 Å². The van der Waals surface area contributed by atoms with Gasteiger partial charge >= 0.3 is 6.18 Å². The molecule has 2 aromatic carbocycles. The molecule has 0 unspecified atom stereocenters. The highest BCUT2D eigenvalue weighted by Gasteiger charge is 2.31. The fourth-order valence-corrected chi connectivity index (χ4v) is 1.94. The van der Waals surface area contributed by atoms with E-state index in [0.717, 1.165) is 23.3 Å². The van der Waals surface area contributed by atoms with Gasteiger partial charge in [-0.05, 0) is 36.2 Å². The largest absolute Gasteiger partial charge is 0.496 e. The number of ether oxygens (including phenoxy) is 1. The maximum Gasteiger partial charge on any atom is 0.416 e. The predicted molar refractivity (Wildman–Crippen MR) is 97.1 cm³/mol. The van der Waals surface area contributed by atoms with Crippen LogP contribution in [0.2, 0.25) is 0 Å². The van der Waals surface area contributed by atoms with Crippen LogP contribution in [0.3, 0.4) is 0 Å². The molecule has 0 aliphatic heterocycles. The molecule has 148 valence electrons. The van der Waals surface area contributed by atoms with Gasteiger partial charge in [-0.1, -0.05) is 32.0 Å². The van der Waals surface area contributed by atoms with Gasteiger partial charge in [-0.25, -0.2) is 0 Å². The first-order valence-electron chi connectivity index (χ1n) is 8.22. The van der Waals surface area contributed by atoms with Crippen LogP contribution in [0.1, 0.15) is 41.7 Å². The van der Waals surface area contributed by atoms with Gasteiger partial charge in [-0.2, -0.15) is 18.4 Å².